The number of hydrogen-bond acceptors (Lipinski definition) is 2. The van der Waals surface area contributed by atoms with Crippen molar-refractivity contribution in [1.82, 2.24) is 0 Å². The lowest BCUT2D eigenvalue weighted by atomic mass is 9.81. The van der Waals surface area contributed by atoms with E-state index in [-0.39, 0.29) is 5.41 Å². The quantitative estimate of drug-likeness (QED) is 0.157. The van der Waals surface area contributed by atoms with Gasteiger partial charge in [0, 0.05) is 45.4 Å². The standard InChI is InChI=1S/C52H43NO/c1-5-14-46-47-21-13-20-43(51(47)54-50(46)6-2)39-17-12-18-42(33-39)53(40-28-23-36(24-29-40)35-15-8-7-9-16-35)41-30-25-37(26-31-41)38-27-32-45-44-19-10-11-22-48(44)52(3,4)49(45)34-38/h5,7-34H,6H2,1-4H3/b14-5-. The Bertz CT molecular complexity index is 2660. The Hall–Kier alpha value is -6.38. The van der Waals surface area contributed by atoms with Gasteiger partial charge in [-0.05, 0) is 99.5 Å². The Morgan fingerprint density at radius 2 is 1.11 bits per heavy atom. The van der Waals surface area contributed by atoms with Gasteiger partial charge in [0.05, 0.1) is 0 Å². The number of para-hydroxylation sites is 1. The molecule has 0 saturated carbocycles. The SMILES string of the molecule is C/C=C\c1c(CC)oc2c(-c3cccc(N(c4ccc(-c5ccccc5)cc4)c4ccc(-c5ccc6c(c5)C(C)(C)c5ccccc5-6)cc4)c3)cccc12. The molecule has 9 rings (SSSR count). The van der Waals surface area contributed by atoms with Gasteiger partial charge in [0.2, 0.25) is 0 Å². The number of aryl methyl sites for hydroxylation is 1. The average Bonchev–Trinajstić information content (AvgIpc) is 3.70. The highest BCUT2D eigenvalue weighted by atomic mass is 16.3. The van der Waals surface area contributed by atoms with Crippen LogP contribution in [0.4, 0.5) is 17.1 Å². The summed E-state index contributed by atoms with van der Waals surface area (Å²) in [6.07, 6.45) is 5.10. The second-order valence-corrected chi connectivity index (χ2v) is 14.8. The van der Waals surface area contributed by atoms with Gasteiger partial charge in [-0.1, -0.05) is 154 Å². The molecule has 1 heterocycles. The van der Waals surface area contributed by atoms with E-state index in [1.165, 1.54) is 50.1 Å². The second-order valence-electron chi connectivity index (χ2n) is 14.8. The maximum Gasteiger partial charge on any atom is 0.142 e. The number of rotatable bonds is 8. The molecule has 1 aliphatic carbocycles. The molecule has 1 aromatic heterocycles. The van der Waals surface area contributed by atoms with E-state index in [2.05, 4.69) is 209 Å². The predicted molar refractivity (Wildman–Crippen MR) is 229 cm³/mol. The summed E-state index contributed by atoms with van der Waals surface area (Å²) in [7, 11) is 0. The molecular weight excluding hydrogens is 655 g/mol. The van der Waals surface area contributed by atoms with Crippen molar-refractivity contribution in [2.75, 3.05) is 4.90 Å². The topological polar surface area (TPSA) is 16.4 Å². The van der Waals surface area contributed by atoms with Crippen LogP contribution in [0.1, 0.15) is 50.1 Å². The summed E-state index contributed by atoms with van der Waals surface area (Å²) in [6, 6.07) is 59.6. The molecule has 0 radical (unpaired) electrons. The summed E-state index contributed by atoms with van der Waals surface area (Å²) in [5.74, 6) is 1.02. The zero-order valence-electron chi connectivity index (χ0n) is 31.3. The van der Waals surface area contributed by atoms with Gasteiger partial charge in [0.15, 0.2) is 0 Å². The number of allylic oxidation sites excluding steroid dienone is 1. The van der Waals surface area contributed by atoms with Gasteiger partial charge in [-0.3, -0.25) is 0 Å². The monoisotopic (exact) mass is 697 g/mol. The molecule has 0 unspecified atom stereocenters. The van der Waals surface area contributed by atoms with Crippen molar-refractivity contribution in [1.29, 1.82) is 0 Å². The molecule has 54 heavy (non-hydrogen) atoms. The fourth-order valence-corrected chi connectivity index (χ4v) is 8.41. The molecule has 2 nitrogen and oxygen atoms in total. The van der Waals surface area contributed by atoms with Crippen LogP contribution in [-0.4, -0.2) is 0 Å². The largest absolute Gasteiger partial charge is 0.460 e. The van der Waals surface area contributed by atoms with Crippen molar-refractivity contribution >= 4 is 34.1 Å². The average molecular weight is 698 g/mol. The molecule has 0 saturated heterocycles. The van der Waals surface area contributed by atoms with Crippen LogP contribution in [0.15, 0.2) is 174 Å². The normalized spacial score (nSPS) is 13.0. The predicted octanol–water partition coefficient (Wildman–Crippen LogP) is 14.8. The maximum atomic E-state index is 6.56. The minimum absolute atomic E-state index is 0.0397. The number of benzene rings is 7. The van der Waals surface area contributed by atoms with Crippen LogP contribution in [0.3, 0.4) is 0 Å². The van der Waals surface area contributed by atoms with Crippen molar-refractivity contribution in [2.24, 2.45) is 0 Å². The van der Waals surface area contributed by atoms with E-state index < -0.39 is 0 Å². The molecule has 0 spiro atoms. The van der Waals surface area contributed by atoms with E-state index in [9.17, 15) is 0 Å². The summed E-state index contributed by atoms with van der Waals surface area (Å²) in [6.45, 7) is 8.90. The molecule has 0 aliphatic heterocycles. The van der Waals surface area contributed by atoms with Gasteiger partial charge in [0.25, 0.3) is 0 Å². The first-order valence-corrected chi connectivity index (χ1v) is 19.0. The van der Waals surface area contributed by atoms with Crippen LogP contribution in [0, 0.1) is 0 Å². The maximum absolute atomic E-state index is 6.56. The first-order chi connectivity index (χ1) is 26.4. The Kier molecular flexibility index (Phi) is 8.39. The fraction of sp³-hybridized carbons (Fsp3) is 0.115. The summed E-state index contributed by atoms with van der Waals surface area (Å²) in [4.78, 5) is 2.36. The number of furan rings is 1. The third-order valence-corrected chi connectivity index (χ3v) is 11.2. The third kappa shape index (κ3) is 5.67. The molecule has 2 heteroatoms. The first-order valence-electron chi connectivity index (χ1n) is 19.0. The zero-order valence-corrected chi connectivity index (χ0v) is 31.3. The van der Waals surface area contributed by atoms with Gasteiger partial charge in [-0.25, -0.2) is 0 Å². The van der Waals surface area contributed by atoms with E-state index in [1.807, 2.05) is 0 Å². The van der Waals surface area contributed by atoms with E-state index >= 15 is 0 Å². The summed E-state index contributed by atoms with van der Waals surface area (Å²) >= 11 is 0. The molecule has 7 aromatic carbocycles. The molecule has 0 fully saturated rings. The van der Waals surface area contributed by atoms with Crippen molar-refractivity contribution in [3.05, 3.63) is 192 Å². The lowest BCUT2D eigenvalue weighted by Crippen LogP contribution is -2.14. The van der Waals surface area contributed by atoms with Gasteiger partial charge >= 0.3 is 0 Å². The molecule has 0 amide bonds. The third-order valence-electron chi connectivity index (χ3n) is 11.2. The summed E-state index contributed by atoms with van der Waals surface area (Å²) < 4.78 is 6.56. The first kappa shape index (κ1) is 33.5. The molecule has 0 bridgehead atoms. The van der Waals surface area contributed by atoms with E-state index in [4.69, 9.17) is 4.42 Å². The Labute approximate surface area is 318 Å². The molecule has 1 aliphatic rings. The number of hydrogen-bond donors (Lipinski definition) is 0. The van der Waals surface area contributed by atoms with E-state index in [0.717, 1.165) is 51.3 Å². The smallest absolute Gasteiger partial charge is 0.142 e. The molecule has 8 aromatic rings. The lowest BCUT2D eigenvalue weighted by Gasteiger charge is -2.26. The molecular formula is C52H43NO. The van der Waals surface area contributed by atoms with Crippen molar-refractivity contribution in [3.8, 4) is 44.5 Å². The summed E-state index contributed by atoms with van der Waals surface area (Å²) in [5, 5.41) is 1.15. The van der Waals surface area contributed by atoms with Gasteiger partial charge in [0.1, 0.15) is 11.3 Å². The number of anilines is 3. The Morgan fingerprint density at radius 1 is 0.519 bits per heavy atom. The van der Waals surface area contributed by atoms with Crippen LogP contribution in [0.25, 0.3) is 61.6 Å². The van der Waals surface area contributed by atoms with Gasteiger partial charge < -0.3 is 9.32 Å². The lowest BCUT2D eigenvalue weighted by molar-refractivity contribution is 0.557. The minimum Gasteiger partial charge on any atom is -0.460 e. The van der Waals surface area contributed by atoms with Crippen LogP contribution in [0.2, 0.25) is 0 Å². The molecule has 0 N–H and O–H groups in total. The van der Waals surface area contributed by atoms with Gasteiger partial charge in [-0.2, -0.15) is 0 Å². The Morgan fingerprint density at radius 3 is 1.83 bits per heavy atom. The van der Waals surface area contributed by atoms with Crippen LogP contribution in [-0.2, 0) is 11.8 Å². The highest BCUT2D eigenvalue weighted by molar-refractivity contribution is 5.99. The molecule has 0 atom stereocenters. The van der Waals surface area contributed by atoms with Crippen molar-refractivity contribution in [2.45, 2.75) is 39.5 Å². The van der Waals surface area contributed by atoms with Crippen molar-refractivity contribution in [3.63, 3.8) is 0 Å². The summed E-state index contributed by atoms with van der Waals surface area (Å²) in [5.41, 5.74) is 17.9. The molecule has 262 valence electrons. The van der Waals surface area contributed by atoms with Crippen LogP contribution < -0.4 is 4.90 Å². The van der Waals surface area contributed by atoms with Crippen molar-refractivity contribution < 1.29 is 4.42 Å². The highest BCUT2D eigenvalue weighted by Crippen LogP contribution is 2.49. The van der Waals surface area contributed by atoms with E-state index in [0.29, 0.717) is 0 Å². The van der Waals surface area contributed by atoms with E-state index in [1.54, 1.807) is 0 Å². The Balaban J connectivity index is 1.13. The second kappa shape index (κ2) is 13.5. The van der Waals surface area contributed by atoms with Crippen LogP contribution in [0.5, 0.6) is 0 Å². The van der Waals surface area contributed by atoms with Gasteiger partial charge in [-0.15, -0.1) is 0 Å². The minimum atomic E-state index is -0.0397. The van der Waals surface area contributed by atoms with Crippen LogP contribution >= 0.6 is 0 Å². The number of fused-ring (bicyclic) bond motifs is 4. The highest BCUT2D eigenvalue weighted by Gasteiger charge is 2.35. The zero-order chi connectivity index (χ0) is 36.8. The number of nitrogens with zero attached hydrogens (tertiary/aromatic N) is 1. The fourth-order valence-electron chi connectivity index (χ4n) is 8.41.